The quantitative estimate of drug-likeness (QED) is 0.785. The number of aryl methyl sites for hydroxylation is 1. The van der Waals surface area contributed by atoms with Crippen molar-refractivity contribution in [3.63, 3.8) is 0 Å². The van der Waals surface area contributed by atoms with E-state index in [-0.39, 0.29) is 18.1 Å². The van der Waals surface area contributed by atoms with Gasteiger partial charge in [0, 0.05) is 19.5 Å². The van der Waals surface area contributed by atoms with Crippen LogP contribution in [0.5, 0.6) is 0 Å². The monoisotopic (exact) mass is 350 g/mol. The lowest BCUT2D eigenvalue weighted by atomic mass is 10.1. The molecule has 0 unspecified atom stereocenters. The Hall–Kier alpha value is -2.89. The minimum atomic E-state index is -0.200. The zero-order valence-electron chi connectivity index (χ0n) is 14.6. The lowest BCUT2D eigenvalue weighted by Crippen LogP contribution is -2.33. The molecule has 6 heteroatoms. The van der Waals surface area contributed by atoms with Crippen LogP contribution in [0.2, 0.25) is 0 Å². The van der Waals surface area contributed by atoms with Gasteiger partial charge in [-0.2, -0.15) is 5.10 Å². The summed E-state index contributed by atoms with van der Waals surface area (Å²) in [5, 5.41) is 9.56. The van der Waals surface area contributed by atoms with Crippen molar-refractivity contribution in [2.75, 3.05) is 0 Å². The van der Waals surface area contributed by atoms with Gasteiger partial charge in [-0.15, -0.1) is 0 Å². The van der Waals surface area contributed by atoms with Gasteiger partial charge in [0.25, 0.3) is 0 Å². The Labute approximate surface area is 151 Å². The molecule has 0 radical (unpaired) electrons. The topological polar surface area (TPSA) is 68.9 Å². The number of nitrogens with zero attached hydrogens (tertiary/aromatic N) is 3. The van der Waals surface area contributed by atoms with E-state index in [9.17, 15) is 9.59 Å². The molecule has 2 aromatic carbocycles. The van der Waals surface area contributed by atoms with E-state index in [1.54, 1.807) is 4.57 Å². The lowest BCUT2D eigenvalue weighted by Gasteiger charge is -2.06. The van der Waals surface area contributed by atoms with Crippen molar-refractivity contribution >= 4 is 16.7 Å². The second-order valence-electron chi connectivity index (χ2n) is 6.78. The highest BCUT2D eigenvalue weighted by Gasteiger charge is 2.17. The molecule has 0 fully saturated rings. The molecule has 0 saturated carbocycles. The predicted molar refractivity (Wildman–Crippen MR) is 99.8 cm³/mol. The third-order valence-corrected chi connectivity index (χ3v) is 4.88. The van der Waals surface area contributed by atoms with Gasteiger partial charge >= 0.3 is 5.69 Å². The van der Waals surface area contributed by atoms with E-state index >= 15 is 0 Å². The van der Waals surface area contributed by atoms with Crippen LogP contribution in [0.4, 0.5) is 0 Å². The third kappa shape index (κ3) is 3.40. The number of rotatable bonds is 4. The van der Waals surface area contributed by atoms with Crippen LogP contribution in [0.15, 0.2) is 47.3 Å². The third-order valence-electron chi connectivity index (χ3n) is 4.88. The van der Waals surface area contributed by atoms with Crippen LogP contribution in [0.1, 0.15) is 30.7 Å². The first-order chi connectivity index (χ1) is 12.7. The molecular formula is C20H22N4O2. The highest BCUT2D eigenvalue weighted by molar-refractivity contribution is 5.83. The van der Waals surface area contributed by atoms with Gasteiger partial charge in [-0.05, 0) is 35.2 Å². The van der Waals surface area contributed by atoms with Crippen molar-refractivity contribution in [1.29, 1.82) is 0 Å². The molecule has 1 aromatic heterocycles. The minimum Gasteiger partial charge on any atom is -0.350 e. The highest BCUT2D eigenvalue weighted by Crippen LogP contribution is 2.15. The van der Waals surface area contributed by atoms with E-state index in [4.69, 9.17) is 0 Å². The fraction of sp³-hybridized carbons (Fsp3) is 0.350. The largest absolute Gasteiger partial charge is 0.350 e. The van der Waals surface area contributed by atoms with Crippen molar-refractivity contribution in [1.82, 2.24) is 19.7 Å². The summed E-state index contributed by atoms with van der Waals surface area (Å²) in [7, 11) is 0. The SMILES string of the molecule is O=C(Cn1nc2n(c1=O)CCCCC2)NCc1ccc2ccccc2c1. The predicted octanol–water partition coefficient (Wildman–Crippen LogP) is 2.24. The smallest absolute Gasteiger partial charge is 0.346 e. The summed E-state index contributed by atoms with van der Waals surface area (Å²) < 4.78 is 3.00. The summed E-state index contributed by atoms with van der Waals surface area (Å²) in [6.07, 6.45) is 3.97. The Bertz CT molecular complexity index is 1000. The van der Waals surface area contributed by atoms with Gasteiger partial charge in [0.2, 0.25) is 5.91 Å². The van der Waals surface area contributed by atoms with Gasteiger partial charge < -0.3 is 5.32 Å². The number of nitrogens with one attached hydrogen (secondary N) is 1. The Balaban J connectivity index is 1.41. The van der Waals surface area contributed by atoms with Crippen LogP contribution in [-0.2, 0) is 30.8 Å². The average molecular weight is 350 g/mol. The normalized spacial score (nSPS) is 14.0. The number of carbonyl (C=O) groups is 1. The van der Waals surface area contributed by atoms with Crippen LogP contribution in [0.25, 0.3) is 10.8 Å². The summed E-state index contributed by atoms with van der Waals surface area (Å²) in [4.78, 5) is 24.7. The Morgan fingerprint density at radius 3 is 2.81 bits per heavy atom. The molecule has 0 atom stereocenters. The van der Waals surface area contributed by atoms with Gasteiger partial charge in [0.15, 0.2) is 0 Å². The summed E-state index contributed by atoms with van der Waals surface area (Å²) in [5.41, 5.74) is 0.854. The number of hydrogen-bond acceptors (Lipinski definition) is 3. The molecule has 1 aliphatic heterocycles. The van der Waals surface area contributed by atoms with E-state index in [0.29, 0.717) is 13.1 Å². The fourth-order valence-electron chi connectivity index (χ4n) is 3.47. The van der Waals surface area contributed by atoms with Gasteiger partial charge in [-0.3, -0.25) is 9.36 Å². The number of fused-ring (bicyclic) bond motifs is 2. The molecule has 0 saturated heterocycles. The van der Waals surface area contributed by atoms with Gasteiger partial charge in [-0.1, -0.05) is 42.8 Å². The molecule has 1 aliphatic rings. The zero-order chi connectivity index (χ0) is 17.9. The molecule has 4 rings (SSSR count). The van der Waals surface area contributed by atoms with Crippen LogP contribution in [-0.4, -0.2) is 20.3 Å². The molecular weight excluding hydrogens is 328 g/mol. The van der Waals surface area contributed by atoms with Gasteiger partial charge in [-0.25, -0.2) is 9.48 Å². The molecule has 3 aromatic rings. The fourth-order valence-corrected chi connectivity index (χ4v) is 3.47. The van der Waals surface area contributed by atoms with Crippen molar-refractivity contribution < 1.29 is 4.79 Å². The first-order valence-electron chi connectivity index (χ1n) is 9.11. The van der Waals surface area contributed by atoms with E-state index in [1.807, 2.05) is 24.3 Å². The number of amides is 1. The highest BCUT2D eigenvalue weighted by atomic mass is 16.2. The molecule has 26 heavy (non-hydrogen) atoms. The number of benzene rings is 2. The minimum absolute atomic E-state index is 0.0353. The molecule has 6 nitrogen and oxygen atoms in total. The van der Waals surface area contributed by atoms with Crippen molar-refractivity contribution in [3.8, 4) is 0 Å². The number of aromatic nitrogens is 3. The maximum absolute atomic E-state index is 12.4. The van der Waals surface area contributed by atoms with E-state index in [1.165, 1.54) is 10.1 Å². The first kappa shape index (κ1) is 16.6. The van der Waals surface area contributed by atoms with Gasteiger partial charge in [0.05, 0.1) is 0 Å². The molecule has 1 amide bonds. The van der Waals surface area contributed by atoms with Crippen LogP contribution >= 0.6 is 0 Å². The Kier molecular flexibility index (Phi) is 4.56. The maximum Gasteiger partial charge on any atom is 0.346 e. The summed E-state index contributed by atoms with van der Waals surface area (Å²) >= 11 is 0. The Morgan fingerprint density at radius 2 is 1.92 bits per heavy atom. The van der Waals surface area contributed by atoms with Crippen LogP contribution in [0.3, 0.4) is 0 Å². The second kappa shape index (κ2) is 7.15. The molecule has 2 heterocycles. The zero-order valence-corrected chi connectivity index (χ0v) is 14.6. The van der Waals surface area contributed by atoms with E-state index in [0.717, 1.165) is 42.5 Å². The average Bonchev–Trinajstić information content (AvgIpc) is 2.83. The Morgan fingerprint density at radius 1 is 1.08 bits per heavy atom. The lowest BCUT2D eigenvalue weighted by molar-refractivity contribution is -0.122. The van der Waals surface area contributed by atoms with Crippen molar-refractivity contribution in [2.24, 2.45) is 0 Å². The molecule has 1 N–H and O–H groups in total. The van der Waals surface area contributed by atoms with Crippen LogP contribution in [0, 0.1) is 0 Å². The standard InChI is InChI=1S/C20H22N4O2/c25-19(14-24-20(26)23-11-5-1-2-8-18(23)22-24)21-13-15-9-10-16-6-3-4-7-17(16)12-15/h3-4,6-7,9-10,12H,1-2,5,8,11,13-14H2,(H,21,25). The van der Waals surface area contributed by atoms with Crippen molar-refractivity contribution in [2.45, 2.75) is 45.3 Å². The van der Waals surface area contributed by atoms with E-state index in [2.05, 4.69) is 28.6 Å². The molecule has 0 aliphatic carbocycles. The van der Waals surface area contributed by atoms with E-state index < -0.39 is 0 Å². The maximum atomic E-state index is 12.4. The molecule has 0 spiro atoms. The summed E-state index contributed by atoms with van der Waals surface area (Å²) in [5.74, 6) is 0.600. The first-order valence-corrected chi connectivity index (χ1v) is 9.11. The van der Waals surface area contributed by atoms with Gasteiger partial charge in [0.1, 0.15) is 12.4 Å². The van der Waals surface area contributed by atoms with Crippen molar-refractivity contribution in [3.05, 3.63) is 64.3 Å². The number of carbonyl (C=O) groups excluding carboxylic acids is 1. The summed E-state index contributed by atoms with van der Waals surface area (Å²) in [6.45, 7) is 1.10. The van der Waals surface area contributed by atoms with Crippen LogP contribution < -0.4 is 11.0 Å². The molecule has 0 bridgehead atoms. The summed E-state index contributed by atoms with van der Waals surface area (Å²) in [6, 6.07) is 14.3. The second-order valence-corrected chi connectivity index (χ2v) is 6.78. The molecule has 134 valence electrons. The number of hydrogen-bond donors (Lipinski definition) is 1.